The standard InChI is InChI=1S/C11H17BrN2O2/c1-4-6-7-15-11-9(12)10(16-14-11)8(5-2)13-3/h5,8,13H,2,4,6-7H2,1,3H3/t8-/m0/s1. The molecule has 1 aromatic heterocycles. The zero-order chi connectivity index (χ0) is 12.0. The summed E-state index contributed by atoms with van der Waals surface area (Å²) in [6, 6.07) is -0.0644. The van der Waals surface area contributed by atoms with Crippen molar-refractivity contribution in [1.29, 1.82) is 0 Å². The molecule has 1 heterocycles. The largest absolute Gasteiger partial charge is 0.475 e. The lowest BCUT2D eigenvalue weighted by molar-refractivity contribution is 0.268. The first-order valence-corrected chi connectivity index (χ1v) is 6.11. The molecule has 0 amide bonds. The van der Waals surface area contributed by atoms with E-state index in [-0.39, 0.29) is 6.04 Å². The first-order valence-electron chi connectivity index (χ1n) is 5.32. The SMILES string of the molecule is C=C[C@H](NC)c1onc(OCCCC)c1Br. The minimum Gasteiger partial charge on any atom is -0.475 e. The molecule has 0 aliphatic heterocycles. The lowest BCUT2D eigenvalue weighted by Gasteiger charge is -2.06. The number of halogens is 1. The molecule has 0 aromatic carbocycles. The average molecular weight is 289 g/mol. The van der Waals surface area contributed by atoms with Crippen LogP contribution in [-0.4, -0.2) is 18.8 Å². The van der Waals surface area contributed by atoms with Crippen LogP contribution in [0.3, 0.4) is 0 Å². The number of ether oxygens (including phenoxy) is 1. The summed E-state index contributed by atoms with van der Waals surface area (Å²) in [5.74, 6) is 1.19. The first-order chi connectivity index (χ1) is 7.74. The van der Waals surface area contributed by atoms with E-state index in [0.717, 1.165) is 17.3 Å². The molecule has 0 bridgehead atoms. The second-order valence-electron chi connectivity index (χ2n) is 3.37. The van der Waals surface area contributed by atoms with Gasteiger partial charge in [0, 0.05) is 0 Å². The van der Waals surface area contributed by atoms with Crippen molar-refractivity contribution in [3.05, 3.63) is 22.9 Å². The van der Waals surface area contributed by atoms with Crippen molar-refractivity contribution in [2.24, 2.45) is 0 Å². The fourth-order valence-corrected chi connectivity index (χ4v) is 1.73. The molecule has 5 heteroatoms. The summed E-state index contributed by atoms with van der Waals surface area (Å²) in [5, 5.41) is 6.92. The Morgan fingerprint density at radius 3 is 3.00 bits per heavy atom. The van der Waals surface area contributed by atoms with Gasteiger partial charge in [0.25, 0.3) is 5.88 Å². The smallest absolute Gasteiger partial charge is 0.268 e. The highest BCUT2D eigenvalue weighted by molar-refractivity contribution is 9.10. The molecule has 4 nitrogen and oxygen atoms in total. The fourth-order valence-electron chi connectivity index (χ4n) is 1.23. The van der Waals surface area contributed by atoms with Crippen molar-refractivity contribution in [3.63, 3.8) is 0 Å². The maximum atomic E-state index is 5.48. The minimum absolute atomic E-state index is 0.0644. The predicted molar refractivity (Wildman–Crippen MR) is 66.6 cm³/mol. The van der Waals surface area contributed by atoms with Gasteiger partial charge in [0.15, 0.2) is 5.76 Å². The van der Waals surface area contributed by atoms with E-state index >= 15 is 0 Å². The topological polar surface area (TPSA) is 47.3 Å². The Labute approximate surface area is 104 Å². The number of nitrogens with one attached hydrogen (secondary N) is 1. The van der Waals surface area contributed by atoms with Crippen molar-refractivity contribution < 1.29 is 9.26 Å². The maximum Gasteiger partial charge on any atom is 0.268 e. The Balaban J connectivity index is 2.71. The summed E-state index contributed by atoms with van der Waals surface area (Å²) in [6.07, 6.45) is 3.85. The number of unbranched alkanes of at least 4 members (excludes halogenated alkanes) is 1. The number of nitrogens with zero attached hydrogens (tertiary/aromatic N) is 1. The van der Waals surface area contributed by atoms with Gasteiger partial charge in [-0.15, -0.1) is 6.58 Å². The predicted octanol–water partition coefficient (Wildman–Crippen LogP) is 3.06. The number of likely N-dealkylation sites (N-methyl/N-ethyl adjacent to an activating group) is 1. The third kappa shape index (κ3) is 3.09. The normalized spacial score (nSPS) is 12.4. The second kappa shape index (κ2) is 6.70. The summed E-state index contributed by atoms with van der Waals surface area (Å²) in [4.78, 5) is 0. The van der Waals surface area contributed by atoms with Crippen molar-refractivity contribution in [1.82, 2.24) is 10.5 Å². The van der Waals surface area contributed by atoms with Gasteiger partial charge in [-0.1, -0.05) is 19.4 Å². The van der Waals surface area contributed by atoms with Gasteiger partial charge in [-0.3, -0.25) is 0 Å². The molecule has 1 atom stereocenters. The van der Waals surface area contributed by atoms with Crippen LogP contribution in [0.1, 0.15) is 31.6 Å². The second-order valence-corrected chi connectivity index (χ2v) is 4.16. The fraction of sp³-hybridized carbons (Fsp3) is 0.545. The number of aromatic nitrogens is 1. The van der Waals surface area contributed by atoms with E-state index in [2.05, 4.69) is 39.9 Å². The van der Waals surface area contributed by atoms with Crippen molar-refractivity contribution in [3.8, 4) is 5.88 Å². The lowest BCUT2D eigenvalue weighted by Crippen LogP contribution is -2.13. The van der Waals surface area contributed by atoms with E-state index in [1.807, 2.05) is 7.05 Å². The van der Waals surface area contributed by atoms with Gasteiger partial charge in [-0.05, 0) is 34.6 Å². The average Bonchev–Trinajstić information content (AvgIpc) is 2.64. The molecule has 0 aliphatic rings. The van der Waals surface area contributed by atoms with Gasteiger partial charge in [0.1, 0.15) is 4.47 Å². The van der Waals surface area contributed by atoms with Gasteiger partial charge < -0.3 is 14.6 Å². The van der Waals surface area contributed by atoms with Crippen LogP contribution in [0.4, 0.5) is 0 Å². The molecule has 1 N–H and O–H groups in total. The Morgan fingerprint density at radius 1 is 1.69 bits per heavy atom. The van der Waals surface area contributed by atoms with Crippen LogP contribution < -0.4 is 10.1 Å². The van der Waals surface area contributed by atoms with E-state index in [1.54, 1.807) is 6.08 Å². The van der Waals surface area contributed by atoms with E-state index in [1.165, 1.54) is 0 Å². The molecule has 0 radical (unpaired) electrons. The van der Waals surface area contributed by atoms with Crippen LogP contribution >= 0.6 is 15.9 Å². The van der Waals surface area contributed by atoms with Crippen LogP contribution in [0.15, 0.2) is 21.7 Å². The maximum absolute atomic E-state index is 5.48. The molecule has 90 valence electrons. The minimum atomic E-state index is -0.0644. The highest BCUT2D eigenvalue weighted by Crippen LogP contribution is 2.32. The first kappa shape index (κ1) is 13.3. The molecule has 1 aromatic rings. The highest BCUT2D eigenvalue weighted by atomic mass is 79.9. The van der Waals surface area contributed by atoms with Crippen molar-refractivity contribution in [2.45, 2.75) is 25.8 Å². The molecule has 1 rings (SSSR count). The Bertz CT molecular complexity index is 339. The third-order valence-corrected chi connectivity index (χ3v) is 2.93. The zero-order valence-corrected chi connectivity index (χ0v) is 11.2. The third-order valence-electron chi connectivity index (χ3n) is 2.20. The van der Waals surface area contributed by atoms with E-state index in [4.69, 9.17) is 9.26 Å². The van der Waals surface area contributed by atoms with Crippen LogP contribution in [0, 0.1) is 0 Å². The molecule has 0 saturated heterocycles. The highest BCUT2D eigenvalue weighted by Gasteiger charge is 2.20. The van der Waals surface area contributed by atoms with Crippen molar-refractivity contribution in [2.75, 3.05) is 13.7 Å². The molecule has 0 spiro atoms. The molecule has 0 fully saturated rings. The van der Waals surface area contributed by atoms with Gasteiger partial charge in [-0.2, -0.15) is 0 Å². The molecule has 0 saturated carbocycles. The summed E-state index contributed by atoms with van der Waals surface area (Å²) in [6.45, 7) is 6.49. The molecular weight excluding hydrogens is 272 g/mol. The quantitative estimate of drug-likeness (QED) is 0.619. The Morgan fingerprint density at radius 2 is 2.44 bits per heavy atom. The van der Waals surface area contributed by atoms with Crippen molar-refractivity contribution >= 4 is 15.9 Å². The van der Waals surface area contributed by atoms with Gasteiger partial charge >= 0.3 is 0 Å². The summed E-state index contributed by atoms with van der Waals surface area (Å²) in [5.41, 5.74) is 0. The van der Waals surface area contributed by atoms with Gasteiger partial charge in [0.2, 0.25) is 0 Å². The molecule has 0 aliphatic carbocycles. The Kier molecular flexibility index (Phi) is 5.55. The van der Waals surface area contributed by atoms with Crippen LogP contribution in [-0.2, 0) is 0 Å². The van der Waals surface area contributed by atoms with Crippen LogP contribution in [0.25, 0.3) is 0 Å². The molecule has 16 heavy (non-hydrogen) atoms. The zero-order valence-electron chi connectivity index (χ0n) is 9.62. The summed E-state index contributed by atoms with van der Waals surface area (Å²) < 4.78 is 11.5. The number of hydrogen-bond donors (Lipinski definition) is 1. The molecule has 0 unspecified atom stereocenters. The number of rotatable bonds is 7. The molecular formula is C11H17BrN2O2. The lowest BCUT2D eigenvalue weighted by atomic mass is 10.2. The van der Waals surface area contributed by atoms with Gasteiger partial charge in [-0.25, -0.2) is 0 Å². The van der Waals surface area contributed by atoms with E-state index in [9.17, 15) is 0 Å². The van der Waals surface area contributed by atoms with Gasteiger partial charge in [0.05, 0.1) is 12.6 Å². The van der Waals surface area contributed by atoms with Crippen LogP contribution in [0.2, 0.25) is 0 Å². The number of hydrogen-bond acceptors (Lipinski definition) is 4. The van der Waals surface area contributed by atoms with E-state index < -0.39 is 0 Å². The summed E-state index contributed by atoms with van der Waals surface area (Å²) in [7, 11) is 1.83. The monoisotopic (exact) mass is 288 g/mol. The van der Waals surface area contributed by atoms with Crippen LogP contribution in [0.5, 0.6) is 5.88 Å². The summed E-state index contributed by atoms with van der Waals surface area (Å²) >= 11 is 3.42. The van der Waals surface area contributed by atoms with E-state index in [0.29, 0.717) is 18.2 Å². The Hall–Kier alpha value is -0.810.